The molecule has 2 aromatic carbocycles. The van der Waals surface area contributed by atoms with Gasteiger partial charge in [0.2, 0.25) is 11.8 Å². The maximum absolute atomic E-state index is 14.9. The predicted molar refractivity (Wildman–Crippen MR) is 125 cm³/mol. The van der Waals surface area contributed by atoms with Gasteiger partial charge in [0.15, 0.2) is 0 Å². The molecular formula is C25H24FN3O2S. The summed E-state index contributed by atoms with van der Waals surface area (Å²) < 4.78 is 14.9. The summed E-state index contributed by atoms with van der Waals surface area (Å²) in [7, 11) is 0. The van der Waals surface area contributed by atoms with Crippen molar-refractivity contribution in [1.82, 2.24) is 10.3 Å². The van der Waals surface area contributed by atoms with E-state index in [2.05, 4.69) is 10.3 Å². The molecule has 1 atom stereocenters. The monoisotopic (exact) mass is 449 g/mol. The Morgan fingerprint density at radius 2 is 1.91 bits per heavy atom. The van der Waals surface area contributed by atoms with E-state index in [1.165, 1.54) is 13.0 Å². The Balaban J connectivity index is 1.42. The zero-order valence-electron chi connectivity index (χ0n) is 17.8. The smallest absolute Gasteiger partial charge is 0.227 e. The molecule has 1 saturated heterocycles. The maximum Gasteiger partial charge on any atom is 0.227 e. The van der Waals surface area contributed by atoms with Gasteiger partial charge >= 0.3 is 0 Å². The quantitative estimate of drug-likeness (QED) is 0.533. The van der Waals surface area contributed by atoms with Gasteiger partial charge in [-0.05, 0) is 41.5 Å². The molecule has 4 rings (SSSR count). The summed E-state index contributed by atoms with van der Waals surface area (Å²) in [6.07, 6.45) is 3.90. The fourth-order valence-corrected chi connectivity index (χ4v) is 4.58. The number of hydrogen-bond acceptors (Lipinski definition) is 4. The number of aromatic nitrogens is 1. The summed E-state index contributed by atoms with van der Waals surface area (Å²) in [6, 6.07) is 16.7. The minimum Gasteiger partial charge on any atom is -0.356 e. The Hall–Kier alpha value is -3.19. The van der Waals surface area contributed by atoms with Gasteiger partial charge in [-0.1, -0.05) is 24.3 Å². The summed E-state index contributed by atoms with van der Waals surface area (Å²) in [5, 5.41) is 2.75. The first-order valence-electron chi connectivity index (χ1n) is 10.5. The van der Waals surface area contributed by atoms with E-state index in [4.69, 9.17) is 0 Å². The first-order chi connectivity index (χ1) is 15.5. The van der Waals surface area contributed by atoms with Crippen molar-refractivity contribution in [2.24, 2.45) is 5.92 Å². The summed E-state index contributed by atoms with van der Waals surface area (Å²) in [4.78, 5) is 30.3. The van der Waals surface area contributed by atoms with Crippen LogP contribution in [0.15, 0.2) is 71.9 Å². The molecule has 0 radical (unpaired) electrons. The summed E-state index contributed by atoms with van der Waals surface area (Å²) in [5.74, 6) is 0.325. The lowest BCUT2D eigenvalue weighted by Crippen LogP contribution is -2.29. The van der Waals surface area contributed by atoms with Crippen LogP contribution in [0.5, 0.6) is 0 Å². The van der Waals surface area contributed by atoms with Gasteiger partial charge in [-0.3, -0.25) is 14.6 Å². The normalized spacial score (nSPS) is 15.8. The van der Waals surface area contributed by atoms with Gasteiger partial charge in [-0.25, -0.2) is 4.39 Å². The van der Waals surface area contributed by atoms with E-state index in [-0.39, 0.29) is 23.5 Å². The van der Waals surface area contributed by atoms with E-state index in [1.807, 2.05) is 36.4 Å². The maximum atomic E-state index is 14.9. The van der Waals surface area contributed by atoms with Crippen LogP contribution in [0.1, 0.15) is 18.9 Å². The highest BCUT2D eigenvalue weighted by Gasteiger charge is 2.31. The van der Waals surface area contributed by atoms with Crippen molar-refractivity contribution in [3.8, 4) is 11.1 Å². The highest BCUT2D eigenvalue weighted by molar-refractivity contribution is 7.98. The number of pyridine rings is 1. The second-order valence-corrected chi connectivity index (χ2v) is 8.89. The van der Waals surface area contributed by atoms with Crippen LogP contribution < -0.4 is 10.2 Å². The van der Waals surface area contributed by atoms with Crippen molar-refractivity contribution < 1.29 is 14.0 Å². The van der Waals surface area contributed by atoms with Crippen molar-refractivity contribution in [2.45, 2.75) is 24.0 Å². The highest BCUT2D eigenvalue weighted by atomic mass is 32.2. The Morgan fingerprint density at radius 1 is 1.16 bits per heavy atom. The number of halogens is 1. The summed E-state index contributed by atoms with van der Waals surface area (Å²) in [6.45, 7) is 2.38. The lowest BCUT2D eigenvalue weighted by molar-refractivity contribution is -0.120. The second kappa shape index (κ2) is 9.96. The molecule has 1 N–H and O–H groups in total. The minimum absolute atomic E-state index is 0.0340. The molecule has 32 heavy (non-hydrogen) atoms. The molecular weight excluding hydrogens is 425 g/mol. The average molecular weight is 450 g/mol. The molecule has 5 nitrogen and oxygen atoms in total. The molecule has 164 valence electrons. The van der Waals surface area contributed by atoms with Gasteiger partial charge in [0.05, 0.1) is 0 Å². The predicted octanol–water partition coefficient (Wildman–Crippen LogP) is 4.67. The van der Waals surface area contributed by atoms with Gasteiger partial charge in [0.1, 0.15) is 5.82 Å². The van der Waals surface area contributed by atoms with Crippen molar-refractivity contribution in [2.75, 3.05) is 18.0 Å². The Bertz CT molecular complexity index is 1110. The zero-order chi connectivity index (χ0) is 22.5. The standard InChI is InChI=1S/C25H24FN3O2S/c1-17(30)28-14-19-12-25(31)29(15-19)21-6-7-23(24(26)13-21)20-4-2-18(3-5-20)16-32-22-8-10-27-11-9-22/h2-11,13,19H,12,14-16H2,1H3,(H,28,30)/t19-/m0/s1. The third kappa shape index (κ3) is 5.34. The number of carbonyl (C=O) groups is 2. The van der Waals surface area contributed by atoms with Crippen LogP contribution in [0.25, 0.3) is 11.1 Å². The molecule has 0 aliphatic carbocycles. The average Bonchev–Trinajstić information content (AvgIpc) is 3.18. The first kappa shape index (κ1) is 22.0. The zero-order valence-corrected chi connectivity index (χ0v) is 18.6. The Morgan fingerprint density at radius 3 is 2.59 bits per heavy atom. The molecule has 1 fully saturated rings. The van der Waals surface area contributed by atoms with Gasteiger partial charge in [0.25, 0.3) is 0 Å². The van der Waals surface area contributed by atoms with Gasteiger partial charge in [0, 0.05) is 66.6 Å². The minimum atomic E-state index is -0.362. The number of benzene rings is 2. The molecule has 0 spiro atoms. The molecule has 0 bridgehead atoms. The van der Waals surface area contributed by atoms with E-state index in [1.54, 1.807) is 41.2 Å². The number of rotatable bonds is 7. The van der Waals surface area contributed by atoms with Crippen molar-refractivity contribution in [3.63, 3.8) is 0 Å². The largest absolute Gasteiger partial charge is 0.356 e. The van der Waals surface area contributed by atoms with E-state index < -0.39 is 0 Å². The fourth-order valence-electron chi connectivity index (χ4n) is 3.74. The second-order valence-electron chi connectivity index (χ2n) is 7.84. The molecule has 2 heterocycles. The number of anilines is 1. The van der Waals surface area contributed by atoms with E-state index in [9.17, 15) is 14.0 Å². The van der Waals surface area contributed by atoms with Crippen LogP contribution in [0.3, 0.4) is 0 Å². The van der Waals surface area contributed by atoms with E-state index in [0.29, 0.717) is 30.8 Å². The third-order valence-electron chi connectivity index (χ3n) is 5.43. The first-order valence-corrected chi connectivity index (χ1v) is 11.4. The van der Waals surface area contributed by atoms with Crippen LogP contribution in [0, 0.1) is 11.7 Å². The SMILES string of the molecule is CC(=O)NC[C@@H]1CC(=O)N(c2ccc(-c3ccc(CSc4ccncc4)cc3)c(F)c2)C1. The number of carbonyl (C=O) groups excluding carboxylic acids is 2. The van der Waals surface area contributed by atoms with Crippen molar-refractivity contribution in [3.05, 3.63) is 78.4 Å². The molecule has 0 saturated carbocycles. The summed E-state index contributed by atoms with van der Waals surface area (Å²) >= 11 is 1.72. The van der Waals surface area contributed by atoms with Gasteiger partial charge < -0.3 is 10.2 Å². The van der Waals surface area contributed by atoms with E-state index in [0.717, 1.165) is 21.8 Å². The van der Waals surface area contributed by atoms with Crippen molar-refractivity contribution in [1.29, 1.82) is 0 Å². The molecule has 1 aliphatic heterocycles. The number of hydrogen-bond donors (Lipinski definition) is 1. The lowest BCUT2D eigenvalue weighted by Gasteiger charge is -2.18. The Labute approximate surface area is 191 Å². The topological polar surface area (TPSA) is 62.3 Å². The highest BCUT2D eigenvalue weighted by Crippen LogP contribution is 2.31. The van der Waals surface area contributed by atoms with Gasteiger partial charge in [-0.2, -0.15) is 0 Å². The van der Waals surface area contributed by atoms with Gasteiger partial charge in [-0.15, -0.1) is 11.8 Å². The van der Waals surface area contributed by atoms with Crippen LogP contribution >= 0.6 is 11.8 Å². The number of amides is 2. The molecule has 0 unspecified atom stereocenters. The van der Waals surface area contributed by atoms with Crippen LogP contribution in [-0.2, 0) is 15.3 Å². The van der Waals surface area contributed by atoms with Crippen molar-refractivity contribution >= 4 is 29.3 Å². The molecule has 7 heteroatoms. The number of nitrogens with zero attached hydrogens (tertiary/aromatic N) is 2. The number of nitrogens with one attached hydrogen (secondary N) is 1. The molecule has 2 amide bonds. The molecule has 3 aromatic rings. The lowest BCUT2D eigenvalue weighted by atomic mass is 10.0. The van der Waals surface area contributed by atoms with Crippen LogP contribution in [-0.4, -0.2) is 29.9 Å². The van der Waals surface area contributed by atoms with Crippen LogP contribution in [0.4, 0.5) is 10.1 Å². The molecule has 1 aliphatic rings. The van der Waals surface area contributed by atoms with E-state index >= 15 is 0 Å². The van der Waals surface area contributed by atoms with Crippen LogP contribution in [0.2, 0.25) is 0 Å². The molecule has 1 aromatic heterocycles. The number of thioether (sulfide) groups is 1. The fraction of sp³-hybridized carbons (Fsp3) is 0.240. The Kier molecular flexibility index (Phi) is 6.85. The summed E-state index contributed by atoms with van der Waals surface area (Å²) in [5.41, 5.74) is 3.00. The third-order valence-corrected chi connectivity index (χ3v) is 6.51.